The number of nitrogens with zero attached hydrogens (tertiary/aromatic N) is 2. The highest BCUT2D eigenvalue weighted by atomic mass is 19.1. The van der Waals surface area contributed by atoms with E-state index in [-0.39, 0.29) is 35.6 Å². The van der Waals surface area contributed by atoms with Crippen LogP contribution >= 0.6 is 0 Å². The summed E-state index contributed by atoms with van der Waals surface area (Å²) < 4.78 is 18.8. The molecule has 0 radical (unpaired) electrons. The van der Waals surface area contributed by atoms with E-state index < -0.39 is 0 Å². The first-order valence-corrected chi connectivity index (χ1v) is 11.1. The number of hydrogen-bond acceptors (Lipinski definition) is 5. The molecule has 3 atom stereocenters. The van der Waals surface area contributed by atoms with Gasteiger partial charge in [-0.05, 0) is 61.2 Å². The molecule has 1 aromatic carbocycles. The molecule has 2 fully saturated rings. The van der Waals surface area contributed by atoms with Crippen LogP contribution in [0.4, 0.5) is 10.1 Å². The Hall–Kier alpha value is -2.84. The van der Waals surface area contributed by atoms with Gasteiger partial charge in [0.25, 0.3) is 0 Å². The highest BCUT2D eigenvalue weighted by Gasteiger charge is 2.35. The van der Waals surface area contributed by atoms with Crippen molar-refractivity contribution in [2.45, 2.75) is 31.9 Å². The second-order valence-corrected chi connectivity index (χ2v) is 8.56. The van der Waals surface area contributed by atoms with Crippen molar-refractivity contribution in [3.05, 3.63) is 60.2 Å². The van der Waals surface area contributed by atoms with Crippen LogP contribution in [-0.2, 0) is 20.9 Å². The fourth-order valence-corrected chi connectivity index (χ4v) is 4.39. The lowest BCUT2D eigenvalue weighted by atomic mass is 9.87. The Morgan fingerprint density at radius 1 is 1.06 bits per heavy atom. The second-order valence-electron chi connectivity index (χ2n) is 8.56. The van der Waals surface area contributed by atoms with Gasteiger partial charge in [0.2, 0.25) is 11.8 Å². The Balaban J connectivity index is 1.42. The molecule has 4 rings (SSSR count). The molecule has 0 unspecified atom stereocenters. The lowest BCUT2D eigenvalue weighted by molar-refractivity contribution is -0.130. The molecule has 2 saturated heterocycles. The lowest BCUT2D eigenvalue weighted by Crippen LogP contribution is -2.49. The number of pyridine rings is 1. The quantitative estimate of drug-likeness (QED) is 0.692. The topological polar surface area (TPSA) is 83.6 Å². The lowest BCUT2D eigenvalue weighted by Gasteiger charge is -2.36. The van der Waals surface area contributed by atoms with E-state index in [1.807, 2.05) is 12.1 Å². The van der Waals surface area contributed by atoms with Crippen LogP contribution < -0.4 is 10.6 Å². The number of nitrogens with one attached hydrogen (secondary N) is 2. The average molecular weight is 441 g/mol. The van der Waals surface area contributed by atoms with Crippen LogP contribution in [-0.4, -0.2) is 54.0 Å². The summed E-state index contributed by atoms with van der Waals surface area (Å²) in [6.07, 6.45) is 6.01. The van der Waals surface area contributed by atoms with Crippen molar-refractivity contribution in [1.29, 1.82) is 0 Å². The maximum absolute atomic E-state index is 13.2. The Morgan fingerprint density at radius 3 is 2.47 bits per heavy atom. The van der Waals surface area contributed by atoms with Crippen LogP contribution in [0.25, 0.3) is 0 Å². The Labute approximate surface area is 187 Å². The maximum Gasteiger partial charge on any atom is 0.228 e. The molecule has 0 bridgehead atoms. The molecule has 170 valence electrons. The molecule has 2 aliphatic rings. The summed E-state index contributed by atoms with van der Waals surface area (Å²) in [5, 5.41) is 5.89. The molecule has 0 spiro atoms. The van der Waals surface area contributed by atoms with Gasteiger partial charge in [-0.3, -0.25) is 19.5 Å². The summed E-state index contributed by atoms with van der Waals surface area (Å²) in [7, 11) is 0. The number of rotatable bonds is 7. The third-order valence-corrected chi connectivity index (χ3v) is 6.06. The van der Waals surface area contributed by atoms with Crippen molar-refractivity contribution in [3.63, 3.8) is 0 Å². The fourth-order valence-electron chi connectivity index (χ4n) is 4.39. The number of carbonyl (C=O) groups is 2. The van der Waals surface area contributed by atoms with Crippen LogP contribution in [0.3, 0.4) is 0 Å². The van der Waals surface area contributed by atoms with Gasteiger partial charge in [-0.2, -0.15) is 0 Å². The number of likely N-dealkylation sites (tertiary alicyclic amines) is 1. The molecule has 2 N–H and O–H groups in total. The van der Waals surface area contributed by atoms with Crippen molar-refractivity contribution >= 4 is 17.5 Å². The number of aromatic nitrogens is 1. The minimum Gasteiger partial charge on any atom is -0.376 e. The van der Waals surface area contributed by atoms with E-state index >= 15 is 0 Å². The van der Waals surface area contributed by atoms with E-state index in [4.69, 9.17) is 4.74 Å². The number of anilines is 1. The zero-order chi connectivity index (χ0) is 22.3. The molecule has 2 aliphatic heterocycles. The molecule has 7 nitrogen and oxygen atoms in total. The fraction of sp³-hybridized carbons (Fsp3) is 0.458. The predicted octanol–water partition coefficient (Wildman–Crippen LogP) is 2.59. The molecular formula is C24H29FN4O3. The highest BCUT2D eigenvalue weighted by molar-refractivity contribution is 5.93. The van der Waals surface area contributed by atoms with Gasteiger partial charge in [-0.25, -0.2) is 4.39 Å². The molecule has 3 heterocycles. The van der Waals surface area contributed by atoms with Crippen molar-refractivity contribution in [2.75, 3.05) is 31.6 Å². The van der Waals surface area contributed by atoms with Crippen LogP contribution in [0.5, 0.6) is 0 Å². The SMILES string of the molecule is O=C(NC[C@@H]1CCCO1)[C@H]1C[C@@H](C(=O)Nc2ccc(F)cc2)CN(Cc2ccncc2)C1. The van der Waals surface area contributed by atoms with Gasteiger partial charge >= 0.3 is 0 Å². The van der Waals surface area contributed by atoms with E-state index in [0.717, 1.165) is 25.0 Å². The van der Waals surface area contributed by atoms with Gasteiger partial charge in [0.05, 0.1) is 17.9 Å². The predicted molar refractivity (Wildman–Crippen MR) is 118 cm³/mol. The molecule has 32 heavy (non-hydrogen) atoms. The van der Waals surface area contributed by atoms with Crippen molar-refractivity contribution < 1.29 is 18.7 Å². The van der Waals surface area contributed by atoms with Crippen LogP contribution in [0, 0.1) is 17.7 Å². The van der Waals surface area contributed by atoms with E-state index in [2.05, 4.69) is 20.5 Å². The van der Waals surface area contributed by atoms with E-state index in [1.165, 1.54) is 24.3 Å². The summed E-state index contributed by atoms with van der Waals surface area (Å²) in [5.41, 5.74) is 1.63. The Morgan fingerprint density at radius 2 is 1.78 bits per heavy atom. The molecule has 2 amide bonds. The monoisotopic (exact) mass is 440 g/mol. The number of piperidine rings is 1. The zero-order valence-corrected chi connectivity index (χ0v) is 18.0. The minimum absolute atomic E-state index is 0.0421. The maximum atomic E-state index is 13.2. The normalized spacial score (nSPS) is 23.6. The van der Waals surface area contributed by atoms with Gasteiger partial charge in [0, 0.05) is 50.9 Å². The molecule has 0 saturated carbocycles. The third kappa shape index (κ3) is 6.11. The van der Waals surface area contributed by atoms with Gasteiger partial charge in [-0.1, -0.05) is 0 Å². The molecule has 2 aromatic rings. The third-order valence-electron chi connectivity index (χ3n) is 6.06. The van der Waals surface area contributed by atoms with E-state index in [1.54, 1.807) is 12.4 Å². The van der Waals surface area contributed by atoms with Gasteiger partial charge in [0.1, 0.15) is 5.82 Å². The van der Waals surface area contributed by atoms with Crippen LogP contribution in [0.15, 0.2) is 48.8 Å². The molecule has 1 aromatic heterocycles. The Bertz CT molecular complexity index is 903. The van der Waals surface area contributed by atoms with Crippen LogP contribution in [0.2, 0.25) is 0 Å². The van der Waals surface area contributed by atoms with Crippen molar-refractivity contribution in [3.8, 4) is 0 Å². The summed E-state index contributed by atoms with van der Waals surface area (Å²) >= 11 is 0. The molecule has 8 heteroatoms. The van der Waals surface area contributed by atoms with Crippen LogP contribution in [0.1, 0.15) is 24.8 Å². The number of hydrogen-bond donors (Lipinski definition) is 2. The highest BCUT2D eigenvalue weighted by Crippen LogP contribution is 2.25. The first kappa shape index (κ1) is 22.4. The van der Waals surface area contributed by atoms with Gasteiger partial charge < -0.3 is 15.4 Å². The summed E-state index contributed by atoms with van der Waals surface area (Å²) in [6, 6.07) is 9.58. The van der Waals surface area contributed by atoms with E-state index in [9.17, 15) is 14.0 Å². The first-order valence-electron chi connectivity index (χ1n) is 11.1. The summed E-state index contributed by atoms with van der Waals surface area (Å²) in [6.45, 7) is 3.02. The number of halogens is 1. The van der Waals surface area contributed by atoms with Gasteiger partial charge in [0.15, 0.2) is 0 Å². The number of carbonyl (C=O) groups excluding carboxylic acids is 2. The van der Waals surface area contributed by atoms with Crippen molar-refractivity contribution in [1.82, 2.24) is 15.2 Å². The molecular weight excluding hydrogens is 411 g/mol. The number of amides is 2. The van der Waals surface area contributed by atoms with E-state index in [0.29, 0.717) is 38.3 Å². The standard InChI is InChI=1S/C24H29FN4O3/c25-20-3-5-21(6-4-20)28-24(31)19-12-18(23(30)27-13-22-2-1-11-32-22)15-29(16-19)14-17-7-9-26-10-8-17/h3-10,18-19,22H,1-2,11-16H2,(H,27,30)(H,28,31)/t18-,19+,22-/m0/s1. The number of ether oxygens (including phenoxy) is 1. The zero-order valence-electron chi connectivity index (χ0n) is 18.0. The summed E-state index contributed by atoms with van der Waals surface area (Å²) in [4.78, 5) is 32.1. The van der Waals surface area contributed by atoms with Gasteiger partial charge in [-0.15, -0.1) is 0 Å². The van der Waals surface area contributed by atoms with Crippen molar-refractivity contribution in [2.24, 2.45) is 11.8 Å². The second kappa shape index (κ2) is 10.7. The largest absolute Gasteiger partial charge is 0.376 e. The first-order chi connectivity index (χ1) is 15.6. The molecule has 0 aliphatic carbocycles. The number of benzene rings is 1. The smallest absolute Gasteiger partial charge is 0.228 e. The summed E-state index contributed by atoms with van der Waals surface area (Å²) in [5.74, 6) is -1.20. The minimum atomic E-state index is -0.354. The Kier molecular flexibility index (Phi) is 7.44. The average Bonchev–Trinajstić information content (AvgIpc) is 3.33.